The molecule has 0 saturated carbocycles. The summed E-state index contributed by atoms with van der Waals surface area (Å²) in [6.45, 7) is 4.14. The second-order valence-corrected chi connectivity index (χ2v) is 4.19. The minimum Gasteiger partial charge on any atom is -0.472 e. The molecule has 17 heavy (non-hydrogen) atoms. The van der Waals surface area contributed by atoms with Crippen molar-refractivity contribution in [3.8, 4) is 0 Å². The third-order valence-electron chi connectivity index (χ3n) is 2.67. The number of aromatic nitrogens is 3. The minimum absolute atomic E-state index is 0.0181. The Morgan fingerprint density at radius 2 is 2.35 bits per heavy atom. The van der Waals surface area contributed by atoms with Crippen LogP contribution in [0.4, 0.5) is 0 Å². The summed E-state index contributed by atoms with van der Waals surface area (Å²) in [6, 6.07) is 2.16. The standard InChI is InChI=1S/C11H17N5O/c1-8(2)16-11(13-7-14-16)5-10(15-12)9-3-4-17-6-9/h3-4,6-8,10,15H,5,12H2,1-2H3. The summed E-state index contributed by atoms with van der Waals surface area (Å²) in [5, 5.41) is 4.20. The van der Waals surface area contributed by atoms with Crippen molar-refractivity contribution in [1.29, 1.82) is 0 Å². The lowest BCUT2D eigenvalue weighted by molar-refractivity contribution is 0.465. The normalized spacial score (nSPS) is 13.2. The predicted octanol–water partition coefficient (Wildman–Crippen LogP) is 1.20. The van der Waals surface area contributed by atoms with Gasteiger partial charge in [-0.15, -0.1) is 0 Å². The van der Waals surface area contributed by atoms with Gasteiger partial charge in [-0.1, -0.05) is 0 Å². The van der Waals surface area contributed by atoms with Gasteiger partial charge in [-0.05, 0) is 19.9 Å². The molecule has 0 bridgehead atoms. The third-order valence-corrected chi connectivity index (χ3v) is 2.67. The van der Waals surface area contributed by atoms with Crippen molar-refractivity contribution in [2.75, 3.05) is 0 Å². The lowest BCUT2D eigenvalue weighted by Crippen LogP contribution is -2.30. The second-order valence-electron chi connectivity index (χ2n) is 4.19. The van der Waals surface area contributed by atoms with Gasteiger partial charge in [0.05, 0.1) is 18.6 Å². The van der Waals surface area contributed by atoms with Crippen LogP contribution in [0.2, 0.25) is 0 Å². The number of hydrogen-bond donors (Lipinski definition) is 2. The number of rotatable bonds is 5. The van der Waals surface area contributed by atoms with Crippen LogP contribution < -0.4 is 11.3 Å². The summed E-state index contributed by atoms with van der Waals surface area (Å²) in [4.78, 5) is 4.26. The third kappa shape index (κ3) is 2.54. The van der Waals surface area contributed by atoms with E-state index in [9.17, 15) is 0 Å². The van der Waals surface area contributed by atoms with Crippen LogP contribution in [0.5, 0.6) is 0 Å². The summed E-state index contributed by atoms with van der Waals surface area (Å²) in [5.41, 5.74) is 3.77. The molecule has 2 rings (SSSR count). The Labute approximate surface area is 99.8 Å². The van der Waals surface area contributed by atoms with E-state index in [-0.39, 0.29) is 12.1 Å². The average Bonchev–Trinajstić information content (AvgIpc) is 2.96. The zero-order valence-electron chi connectivity index (χ0n) is 10.00. The van der Waals surface area contributed by atoms with Crippen LogP contribution in [-0.4, -0.2) is 14.8 Å². The van der Waals surface area contributed by atoms with Gasteiger partial charge < -0.3 is 4.42 Å². The minimum atomic E-state index is -0.0181. The van der Waals surface area contributed by atoms with E-state index in [1.807, 2.05) is 10.7 Å². The molecule has 92 valence electrons. The van der Waals surface area contributed by atoms with Crippen molar-refractivity contribution in [2.45, 2.75) is 32.4 Å². The fourth-order valence-electron chi connectivity index (χ4n) is 1.78. The van der Waals surface area contributed by atoms with E-state index in [1.54, 1.807) is 18.9 Å². The van der Waals surface area contributed by atoms with E-state index >= 15 is 0 Å². The van der Waals surface area contributed by atoms with Gasteiger partial charge in [-0.25, -0.2) is 9.67 Å². The maximum Gasteiger partial charge on any atom is 0.138 e. The monoisotopic (exact) mass is 235 g/mol. The molecular weight excluding hydrogens is 218 g/mol. The molecule has 6 nitrogen and oxygen atoms in total. The molecular formula is C11H17N5O. The molecule has 0 fully saturated rings. The summed E-state index contributed by atoms with van der Waals surface area (Å²) >= 11 is 0. The van der Waals surface area contributed by atoms with Gasteiger partial charge in [0.2, 0.25) is 0 Å². The first-order valence-electron chi connectivity index (χ1n) is 5.59. The fourth-order valence-corrected chi connectivity index (χ4v) is 1.78. The molecule has 2 heterocycles. The van der Waals surface area contributed by atoms with Crippen LogP contribution in [0.3, 0.4) is 0 Å². The number of nitrogens with zero attached hydrogens (tertiary/aromatic N) is 3. The molecule has 0 radical (unpaired) electrons. The first-order valence-corrected chi connectivity index (χ1v) is 5.59. The maximum absolute atomic E-state index is 5.56. The summed E-state index contributed by atoms with van der Waals surface area (Å²) in [5.74, 6) is 6.46. The largest absolute Gasteiger partial charge is 0.472 e. The highest BCUT2D eigenvalue weighted by molar-refractivity contribution is 5.13. The molecule has 6 heteroatoms. The lowest BCUT2D eigenvalue weighted by Gasteiger charge is -2.15. The molecule has 2 aromatic rings. The van der Waals surface area contributed by atoms with Crippen LogP contribution in [-0.2, 0) is 6.42 Å². The molecule has 3 N–H and O–H groups in total. The average molecular weight is 235 g/mol. The quantitative estimate of drug-likeness (QED) is 0.601. The van der Waals surface area contributed by atoms with Gasteiger partial charge in [-0.2, -0.15) is 5.10 Å². The van der Waals surface area contributed by atoms with Gasteiger partial charge in [0, 0.05) is 18.0 Å². The molecule has 1 atom stereocenters. The van der Waals surface area contributed by atoms with Crippen molar-refractivity contribution in [3.05, 3.63) is 36.3 Å². The van der Waals surface area contributed by atoms with E-state index in [4.69, 9.17) is 10.3 Å². The Bertz CT molecular complexity index is 448. The summed E-state index contributed by atoms with van der Waals surface area (Å²) in [6.07, 6.45) is 5.56. The van der Waals surface area contributed by atoms with Gasteiger partial charge >= 0.3 is 0 Å². The van der Waals surface area contributed by atoms with Crippen LogP contribution >= 0.6 is 0 Å². The van der Waals surface area contributed by atoms with Crippen LogP contribution in [0.15, 0.2) is 29.3 Å². The van der Waals surface area contributed by atoms with Gasteiger partial charge in [0.15, 0.2) is 0 Å². The topological polar surface area (TPSA) is 81.9 Å². The molecule has 2 aromatic heterocycles. The van der Waals surface area contributed by atoms with E-state index < -0.39 is 0 Å². The maximum atomic E-state index is 5.56. The molecule has 0 aromatic carbocycles. The number of nitrogens with one attached hydrogen (secondary N) is 1. The Morgan fingerprint density at radius 3 is 2.94 bits per heavy atom. The van der Waals surface area contributed by atoms with Gasteiger partial charge in [0.1, 0.15) is 12.2 Å². The first kappa shape index (κ1) is 11.8. The molecule has 1 unspecified atom stereocenters. The highest BCUT2D eigenvalue weighted by Crippen LogP contribution is 2.18. The van der Waals surface area contributed by atoms with Gasteiger partial charge in [0.25, 0.3) is 0 Å². The van der Waals surface area contributed by atoms with E-state index in [0.717, 1.165) is 11.4 Å². The second kappa shape index (κ2) is 5.11. The number of hydrazine groups is 1. The smallest absolute Gasteiger partial charge is 0.138 e. The van der Waals surface area contributed by atoms with Crippen molar-refractivity contribution >= 4 is 0 Å². The fraction of sp³-hybridized carbons (Fsp3) is 0.455. The Hall–Kier alpha value is -1.66. The number of furan rings is 1. The molecule has 0 amide bonds. The van der Waals surface area contributed by atoms with Crippen LogP contribution in [0, 0.1) is 0 Å². The van der Waals surface area contributed by atoms with Gasteiger partial charge in [-0.3, -0.25) is 11.3 Å². The molecule has 0 saturated heterocycles. The molecule has 0 spiro atoms. The zero-order chi connectivity index (χ0) is 12.3. The Morgan fingerprint density at radius 1 is 1.53 bits per heavy atom. The molecule has 0 aliphatic rings. The van der Waals surface area contributed by atoms with E-state index in [2.05, 4.69) is 29.4 Å². The number of hydrogen-bond acceptors (Lipinski definition) is 5. The summed E-state index contributed by atoms with van der Waals surface area (Å²) < 4.78 is 6.95. The van der Waals surface area contributed by atoms with Crippen molar-refractivity contribution in [2.24, 2.45) is 5.84 Å². The van der Waals surface area contributed by atoms with Crippen molar-refractivity contribution in [1.82, 2.24) is 20.2 Å². The van der Waals surface area contributed by atoms with Crippen LogP contribution in [0.25, 0.3) is 0 Å². The van der Waals surface area contributed by atoms with E-state index in [0.29, 0.717) is 6.42 Å². The predicted molar refractivity (Wildman–Crippen MR) is 62.9 cm³/mol. The molecule has 0 aliphatic heterocycles. The lowest BCUT2D eigenvalue weighted by atomic mass is 10.1. The Kier molecular flexibility index (Phi) is 3.55. The zero-order valence-corrected chi connectivity index (χ0v) is 10.00. The van der Waals surface area contributed by atoms with Crippen molar-refractivity contribution in [3.63, 3.8) is 0 Å². The SMILES string of the molecule is CC(C)n1ncnc1CC(NN)c1ccoc1. The summed E-state index contributed by atoms with van der Waals surface area (Å²) in [7, 11) is 0. The Balaban J connectivity index is 2.16. The molecule has 0 aliphatic carbocycles. The van der Waals surface area contributed by atoms with Crippen LogP contribution in [0.1, 0.15) is 37.3 Å². The van der Waals surface area contributed by atoms with Crippen molar-refractivity contribution < 1.29 is 4.42 Å². The first-order chi connectivity index (χ1) is 8.22. The highest BCUT2D eigenvalue weighted by Gasteiger charge is 2.16. The number of nitrogens with two attached hydrogens (primary N) is 1. The highest BCUT2D eigenvalue weighted by atomic mass is 16.3. The van der Waals surface area contributed by atoms with E-state index in [1.165, 1.54) is 0 Å².